The van der Waals surface area contributed by atoms with E-state index >= 15 is 0 Å². The van der Waals surface area contributed by atoms with Gasteiger partial charge in [0.1, 0.15) is 12.2 Å². The van der Waals surface area contributed by atoms with Crippen LogP contribution in [-0.2, 0) is 9.59 Å². The lowest BCUT2D eigenvalue weighted by molar-refractivity contribution is -0.122. The van der Waals surface area contributed by atoms with Crippen LogP contribution in [0.4, 0.5) is 5.69 Å². The van der Waals surface area contributed by atoms with Crippen molar-refractivity contribution in [2.75, 3.05) is 18.6 Å². The summed E-state index contributed by atoms with van der Waals surface area (Å²) in [4.78, 5) is 26.7. The van der Waals surface area contributed by atoms with Crippen molar-refractivity contribution in [3.63, 3.8) is 0 Å². The van der Waals surface area contributed by atoms with Crippen LogP contribution in [0.2, 0.25) is 5.02 Å². The van der Waals surface area contributed by atoms with Crippen LogP contribution in [-0.4, -0.2) is 30.6 Å². The smallest absolute Gasteiger partial charge is 0.270 e. The molecule has 0 atom stereocenters. The summed E-state index contributed by atoms with van der Waals surface area (Å²) in [5.41, 5.74) is 1.03. The monoisotopic (exact) mass is 428 g/mol. The first kappa shape index (κ1) is 20.6. The molecule has 0 aromatic heterocycles. The van der Waals surface area contributed by atoms with Crippen LogP contribution in [0.1, 0.15) is 5.56 Å². The van der Waals surface area contributed by atoms with E-state index in [-0.39, 0.29) is 10.7 Å². The highest BCUT2D eigenvalue weighted by Crippen LogP contribution is 2.30. The first-order valence-electron chi connectivity index (χ1n) is 8.53. The highest BCUT2D eigenvalue weighted by molar-refractivity contribution is 7.80. The second-order valence-corrected chi connectivity index (χ2v) is 6.77. The zero-order chi connectivity index (χ0) is 21.0. The number of anilines is 1. The third-order valence-corrected chi connectivity index (χ3v) is 4.58. The average Bonchev–Trinajstić information content (AvgIpc) is 2.71. The van der Waals surface area contributed by atoms with E-state index < -0.39 is 11.8 Å². The van der Waals surface area contributed by atoms with Gasteiger partial charge in [0.2, 0.25) is 0 Å². The Hall–Kier alpha value is -3.16. The molecule has 29 heavy (non-hydrogen) atoms. The SMILES string of the molecule is C=CCOc1ccc(C=C2C(=O)NC(=S)N(c3ccc(Cl)cc3)C2=O)cc1OC. The van der Waals surface area contributed by atoms with E-state index in [1.807, 2.05) is 0 Å². The van der Waals surface area contributed by atoms with Gasteiger partial charge in [0, 0.05) is 5.02 Å². The zero-order valence-electron chi connectivity index (χ0n) is 15.5. The Balaban J connectivity index is 1.96. The highest BCUT2D eigenvalue weighted by atomic mass is 35.5. The number of amides is 2. The molecule has 1 saturated heterocycles. The van der Waals surface area contributed by atoms with E-state index in [0.29, 0.717) is 34.4 Å². The minimum atomic E-state index is -0.573. The second kappa shape index (κ2) is 8.89. The number of ether oxygens (including phenoxy) is 2. The van der Waals surface area contributed by atoms with Gasteiger partial charge in [-0.25, -0.2) is 0 Å². The van der Waals surface area contributed by atoms with Crippen LogP contribution >= 0.6 is 23.8 Å². The number of rotatable bonds is 6. The van der Waals surface area contributed by atoms with E-state index in [1.54, 1.807) is 48.5 Å². The molecule has 1 aliphatic heterocycles. The van der Waals surface area contributed by atoms with Crippen molar-refractivity contribution in [2.45, 2.75) is 0 Å². The maximum Gasteiger partial charge on any atom is 0.270 e. The van der Waals surface area contributed by atoms with E-state index in [2.05, 4.69) is 11.9 Å². The molecule has 0 spiro atoms. The zero-order valence-corrected chi connectivity index (χ0v) is 17.0. The molecule has 1 N–H and O–H groups in total. The quantitative estimate of drug-likeness (QED) is 0.328. The van der Waals surface area contributed by atoms with Crippen molar-refractivity contribution in [1.82, 2.24) is 5.32 Å². The number of hydrogen-bond donors (Lipinski definition) is 1. The summed E-state index contributed by atoms with van der Waals surface area (Å²) in [5, 5.41) is 3.07. The van der Waals surface area contributed by atoms with Gasteiger partial charge < -0.3 is 9.47 Å². The van der Waals surface area contributed by atoms with Crippen molar-refractivity contribution in [2.24, 2.45) is 0 Å². The number of nitrogens with one attached hydrogen (secondary N) is 1. The molecule has 1 heterocycles. The Morgan fingerprint density at radius 1 is 1.17 bits per heavy atom. The van der Waals surface area contributed by atoms with Crippen molar-refractivity contribution < 1.29 is 19.1 Å². The molecule has 1 fully saturated rings. The van der Waals surface area contributed by atoms with Crippen LogP contribution in [0.3, 0.4) is 0 Å². The molecule has 8 heteroatoms. The first-order chi connectivity index (χ1) is 13.9. The molecule has 0 bridgehead atoms. The first-order valence-corrected chi connectivity index (χ1v) is 9.32. The molecule has 0 aliphatic carbocycles. The summed E-state index contributed by atoms with van der Waals surface area (Å²) >= 11 is 11.1. The second-order valence-electron chi connectivity index (χ2n) is 5.94. The average molecular weight is 429 g/mol. The van der Waals surface area contributed by atoms with Gasteiger partial charge in [-0.1, -0.05) is 30.3 Å². The van der Waals surface area contributed by atoms with Crippen molar-refractivity contribution >= 4 is 52.5 Å². The van der Waals surface area contributed by atoms with E-state index in [1.165, 1.54) is 18.1 Å². The largest absolute Gasteiger partial charge is 0.493 e. The fourth-order valence-electron chi connectivity index (χ4n) is 2.69. The normalized spacial score (nSPS) is 15.3. The van der Waals surface area contributed by atoms with Gasteiger partial charge in [-0.2, -0.15) is 0 Å². The number of thiocarbonyl (C=S) groups is 1. The molecule has 6 nitrogen and oxygen atoms in total. The predicted octanol–water partition coefficient (Wildman–Crippen LogP) is 3.74. The fourth-order valence-corrected chi connectivity index (χ4v) is 3.10. The minimum Gasteiger partial charge on any atom is -0.493 e. The molecule has 2 amide bonds. The number of halogens is 1. The lowest BCUT2D eigenvalue weighted by Crippen LogP contribution is -2.54. The lowest BCUT2D eigenvalue weighted by atomic mass is 10.1. The third-order valence-electron chi connectivity index (χ3n) is 4.04. The van der Waals surface area contributed by atoms with E-state index in [4.69, 9.17) is 33.3 Å². The molecule has 2 aromatic carbocycles. The molecule has 0 radical (unpaired) electrons. The van der Waals surface area contributed by atoms with Crippen LogP contribution < -0.4 is 19.7 Å². The van der Waals surface area contributed by atoms with Crippen LogP contribution in [0.25, 0.3) is 6.08 Å². The summed E-state index contributed by atoms with van der Waals surface area (Å²) in [6, 6.07) is 11.7. The summed E-state index contributed by atoms with van der Waals surface area (Å²) in [6.07, 6.45) is 3.09. The minimum absolute atomic E-state index is 0.00484. The Morgan fingerprint density at radius 2 is 1.90 bits per heavy atom. The lowest BCUT2D eigenvalue weighted by Gasteiger charge is -2.29. The predicted molar refractivity (Wildman–Crippen MR) is 116 cm³/mol. The Labute approximate surface area is 178 Å². The third kappa shape index (κ3) is 4.47. The number of hydrogen-bond acceptors (Lipinski definition) is 5. The van der Waals surface area contributed by atoms with Gasteiger partial charge in [0.05, 0.1) is 12.8 Å². The van der Waals surface area contributed by atoms with Crippen LogP contribution in [0, 0.1) is 0 Å². The maximum atomic E-state index is 13.0. The Bertz CT molecular complexity index is 1020. The van der Waals surface area contributed by atoms with Crippen molar-refractivity contribution in [3.8, 4) is 11.5 Å². The van der Waals surface area contributed by atoms with Gasteiger partial charge in [0.15, 0.2) is 16.6 Å². The van der Waals surface area contributed by atoms with Gasteiger partial charge in [-0.05, 0) is 60.3 Å². The molecule has 2 aromatic rings. The Kier molecular flexibility index (Phi) is 6.31. The van der Waals surface area contributed by atoms with E-state index in [9.17, 15) is 9.59 Å². The fraction of sp³-hybridized carbons (Fsp3) is 0.0952. The topological polar surface area (TPSA) is 67.9 Å². The number of nitrogens with zero attached hydrogens (tertiary/aromatic N) is 1. The van der Waals surface area contributed by atoms with Gasteiger partial charge in [0.25, 0.3) is 11.8 Å². The number of benzene rings is 2. The maximum absolute atomic E-state index is 13.0. The van der Waals surface area contributed by atoms with Gasteiger partial charge in [-0.3, -0.25) is 19.8 Å². The van der Waals surface area contributed by atoms with Crippen molar-refractivity contribution in [1.29, 1.82) is 0 Å². The summed E-state index contributed by atoms with van der Waals surface area (Å²) in [7, 11) is 1.51. The molecule has 0 unspecified atom stereocenters. The summed E-state index contributed by atoms with van der Waals surface area (Å²) in [6.45, 7) is 3.93. The Morgan fingerprint density at radius 3 is 2.55 bits per heavy atom. The summed E-state index contributed by atoms with van der Waals surface area (Å²) in [5.74, 6) is -0.115. The van der Waals surface area contributed by atoms with Crippen LogP contribution in [0.5, 0.6) is 11.5 Å². The highest BCUT2D eigenvalue weighted by Gasteiger charge is 2.34. The summed E-state index contributed by atoms with van der Waals surface area (Å²) < 4.78 is 10.8. The number of carbonyl (C=O) groups is 2. The standard InChI is InChI=1S/C21H17ClN2O4S/c1-3-10-28-17-9-4-13(12-18(17)27-2)11-16-19(25)23-21(29)24(20(16)26)15-7-5-14(22)6-8-15/h3-9,11-12H,1,10H2,2H3,(H,23,25,29). The van der Waals surface area contributed by atoms with Crippen molar-refractivity contribution in [3.05, 3.63) is 71.3 Å². The molecular weight excluding hydrogens is 412 g/mol. The molecule has 3 rings (SSSR count). The molecule has 0 saturated carbocycles. The van der Waals surface area contributed by atoms with Gasteiger partial charge in [-0.15, -0.1) is 0 Å². The molecule has 148 valence electrons. The van der Waals surface area contributed by atoms with E-state index in [0.717, 1.165) is 0 Å². The number of carbonyl (C=O) groups excluding carboxylic acids is 2. The van der Waals surface area contributed by atoms with Crippen LogP contribution in [0.15, 0.2) is 60.7 Å². The molecule has 1 aliphatic rings. The van der Waals surface area contributed by atoms with Gasteiger partial charge >= 0.3 is 0 Å². The molecular formula is C21H17ClN2O4S. The number of methoxy groups -OCH3 is 1.